The van der Waals surface area contributed by atoms with Crippen molar-refractivity contribution < 1.29 is 15.3 Å². The molecule has 0 spiro atoms. The highest BCUT2D eigenvalue weighted by Gasteiger charge is 2.16. The largest absolute Gasteiger partial charge is 0.344 e. The Morgan fingerprint density at radius 1 is 0.370 bits per heavy atom. The van der Waals surface area contributed by atoms with E-state index in [9.17, 15) is 0 Å². The molecule has 0 aliphatic heterocycles. The van der Waals surface area contributed by atoms with E-state index in [4.69, 9.17) is 15.3 Å². The van der Waals surface area contributed by atoms with E-state index in [0.29, 0.717) is 6.42 Å². The van der Waals surface area contributed by atoms with Gasteiger partial charge in [-0.25, -0.2) is 0 Å². The lowest BCUT2D eigenvalue weighted by atomic mass is 10.0. The summed E-state index contributed by atoms with van der Waals surface area (Å²) in [5, 5.41) is 26.4. The van der Waals surface area contributed by atoms with Gasteiger partial charge in [-0.2, -0.15) is 0 Å². The molecule has 0 bridgehead atoms. The molecule has 0 aromatic rings. The molecule has 0 amide bonds. The summed E-state index contributed by atoms with van der Waals surface area (Å²) >= 11 is 0. The fraction of sp³-hybridized carbons (Fsp3) is 1.00. The van der Waals surface area contributed by atoms with Crippen LogP contribution in [0.5, 0.6) is 0 Å². The number of aliphatic hydroxyl groups is 3. The smallest absolute Gasteiger partial charge is 0.275 e. The topological polar surface area (TPSA) is 60.7 Å². The van der Waals surface area contributed by atoms with Crippen LogP contribution in [0.1, 0.15) is 148 Å². The Kier molecular flexibility index (Phi) is 20.5. The minimum absolute atomic E-state index is 0.0616. The average molecular weight is 387 g/mol. The molecule has 0 unspecified atom stereocenters. The van der Waals surface area contributed by atoms with Crippen molar-refractivity contribution in [3.05, 3.63) is 0 Å². The minimum Gasteiger partial charge on any atom is -0.344 e. The third-order valence-electron chi connectivity index (χ3n) is 5.62. The van der Waals surface area contributed by atoms with E-state index in [1.54, 1.807) is 0 Å². The molecule has 164 valence electrons. The molecule has 0 saturated heterocycles. The molecule has 0 aliphatic carbocycles. The quantitative estimate of drug-likeness (QED) is 0.136. The molecule has 0 atom stereocenters. The van der Waals surface area contributed by atoms with E-state index < -0.39 is 5.97 Å². The fourth-order valence-electron chi connectivity index (χ4n) is 3.79. The summed E-state index contributed by atoms with van der Waals surface area (Å²) < 4.78 is 0. The van der Waals surface area contributed by atoms with Crippen LogP contribution in [0.2, 0.25) is 0 Å². The Balaban J connectivity index is 3.01. The molecule has 0 radical (unpaired) electrons. The number of hydrogen-bond donors (Lipinski definition) is 3. The predicted molar refractivity (Wildman–Crippen MR) is 117 cm³/mol. The van der Waals surface area contributed by atoms with Gasteiger partial charge in [-0.05, 0) is 6.42 Å². The molecule has 3 nitrogen and oxygen atoms in total. The molecule has 0 saturated carbocycles. The van der Waals surface area contributed by atoms with Crippen molar-refractivity contribution in [1.82, 2.24) is 0 Å². The maximum absolute atomic E-state index is 8.79. The van der Waals surface area contributed by atoms with Crippen LogP contribution in [-0.2, 0) is 0 Å². The van der Waals surface area contributed by atoms with Crippen molar-refractivity contribution >= 4 is 0 Å². The van der Waals surface area contributed by atoms with Crippen LogP contribution in [0.3, 0.4) is 0 Å². The van der Waals surface area contributed by atoms with Gasteiger partial charge >= 0.3 is 0 Å². The highest BCUT2D eigenvalue weighted by atomic mass is 16.7. The molecular formula is C24H50O3. The fourth-order valence-corrected chi connectivity index (χ4v) is 3.79. The highest BCUT2D eigenvalue weighted by Crippen LogP contribution is 2.15. The third-order valence-corrected chi connectivity index (χ3v) is 5.62. The molecule has 27 heavy (non-hydrogen) atoms. The van der Waals surface area contributed by atoms with Gasteiger partial charge in [0.2, 0.25) is 0 Å². The van der Waals surface area contributed by atoms with E-state index in [1.165, 1.54) is 116 Å². The molecule has 0 aliphatic rings. The van der Waals surface area contributed by atoms with Gasteiger partial charge in [0.05, 0.1) is 0 Å². The zero-order valence-corrected chi connectivity index (χ0v) is 18.4. The van der Waals surface area contributed by atoms with Gasteiger partial charge in [0.25, 0.3) is 5.97 Å². The standard InChI is InChI=1S/C24H50O3/c1-2-3-4-5-6-7-8-9-10-11-12-13-14-15-16-17-18-19-20-21-22-23-24(25,26)27/h25-27H,2-23H2,1H3. The Bertz CT molecular complexity index is 273. The van der Waals surface area contributed by atoms with Gasteiger partial charge in [-0.15, -0.1) is 0 Å². The summed E-state index contributed by atoms with van der Waals surface area (Å²) in [5.41, 5.74) is 0. The monoisotopic (exact) mass is 386 g/mol. The highest BCUT2D eigenvalue weighted by molar-refractivity contribution is 4.52. The summed E-state index contributed by atoms with van der Waals surface area (Å²) in [6, 6.07) is 0. The molecule has 0 aromatic heterocycles. The van der Waals surface area contributed by atoms with E-state index >= 15 is 0 Å². The van der Waals surface area contributed by atoms with Crippen LogP contribution < -0.4 is 0 Å². The molecule has 0 heterocycles. The van der Waals surface area contributed by atoms with Gasteiger partial charge in [-0.3, -0.25) is 0 Å². The zero-order chi connectivity index (χ0) is 20.1. The van der Waals surface area contributed by atoms with Crippen LogP contribution in [0.25, 0.3) is 0 Å². The Labute approximate surface area is 170 Å². The van der Waals surface area contributed by atoms with Gasteiger partial charge in [0.1, 0.15) is 0 Å². The van der Waals surface area contributed by atoms with Gasteiger partial charge in [0, 0.05) is 6.42 Å². The number of unbranched alkanes of at least 4 members (excludes halogenated alkanes) is 20. The molecule has 0 rings (SSSR count). The van der Waals surface area contributed by atoms with Crippen LogP contribution >= 0.6 is 0 Å². The van der Waals surface area contributed by atoms with Crippen LogP contribution in [0.15, 0.2) is 0 Å². The van der Waals surface area contributed by atoms with Crippen molar-refractivity contribution in [2.75, 3.05) is 0 Å². The Morgan fingerprint density at radius 3 is 0.815 bits per heavy atom. The summed E-state index contributed by atoms with van der Waals surface area (Å²) in [6.45, 7) is 2.28. The summed E-state index contributed by atoms with van der Waals surface area (Å²) in [4.78, 5) is 0. The number of hydrogen-bond acceptors (Lipinski definition) is 3. The SMILES string of the molecule is CCCCCCCCCCCCCCCCCCCCCCCC(O)(O)O. The normalized spacial score (nSPS) is 12.0. The first-order chi connectivity index (χ1) is 13.1. The van der Waals surface area contributed by atoms with Gasteiger partial charge in [0.15, 0.2) is 0 Å². The Hall–Kier alpha value is -0.120. The van der Waals surface area contributed by atoms with Gasteiger partial charge in [-0.1, -0.05) is 135 Å². The van der Waals surface area contributed by atoms with Crippen molar-refractivity contribution in [3.8, 4) is 0 Å². The maximum Gasteiger partial charge on any atom is 0.275 e. The van der Waals surface area contributed by atoms with Crippen molar-refractivity contribution in [2.24, 2.45) is 0 Å². The zero-order valence-electron chi connectivity index (χ0n) is 18.4. The number of rotatable bonds is 22. The van der Waals surface area contributed by atoms with E-state index in [0.717, 1.165) is 12.8 Å². The van der Waals surface area contributed by atoms with E-state index in [1.807, 2.05) is 0 Å². The lowest BCUT2D eigenvalue weighted by Crippen LogP contribution is -2.26. The molecule has 0 aromatic carbocycles. The van der Waals surface area contributed by atoms with Crippen LogP contribution in [0.4, 0.5) is 0 Å². The summed E-state index contributed by atoms with van der Waals surface area (Å²) in [6.07, 6.45) is 28.1. The minimum atomic E-state index is -2.46. The first kappa shape index (κ1) is 26.9. The molecular weight excluding hydrogens is 336 g/mol. The third kappa shape index (κ3) is 25.9. The second kappa shape index (κ2) is 20.6. The summed E-state index contributed by atoms with van der Waals surface area (Å²) in [5.74, 6) is -2.46. The maximum atomic E-state index is 8.79. The first-order valence-corrected chi connectivity index (χ1v) is 12.2. The second-order valence-electron chi connectivity index (χ2n) is 8.60. The van der Waals surface area contributed by atoms with Crippen LogP contribution in [-0.4, -0.2) is 21.3 Å². The summed E-state index contributed by atoms with van der Waals surface area (Å²) in [7, 11) is 0. The van der Waals surface area contributed by atoms with Crippen molar-refractivity contribution in [1.29, 1.82) is 0 Å². The molecule has 3 N–H and O–H groups in total. The lowest BCUT2D eigenvalue weighted by Gasteiger charge is -2.12. The lowest BCUT2D eigenvalue weighted by molar-refractivity contribution is -0.315. The first-order valence-electron chi connectivity index (χ1n) is 12.2. The second-order valence-corrected chi connectivity index (χ2v) is 8.60. The molecule has 0 fully saturated rings. The van der Waals surface area contributed by atoms with Crippen molar-refractivity contribution in [3.63, 3.8) is 0 Å². The van der Waals surface area contributed by atoms with Crippen LogP contribution in [0, 0.1) is 0 Å². The van der Waals surface area contributed by atoms with E-state index in [2.05, 4.69) is 6.92 Å². The predicted octanol–water partition coefficient (Wildman–Crippen LogP) is 7.22. The van der Waals surface area contributed by atoms with Crippen molar-refractivity contribution in [2.45, 2.75) is 154 Å². The average Bonchev–Trinajstić information content (AvgIpc) is 2.62. The van der Waals surface area contributed by atoms with Gasteiger partial charge < -0.3 is 15.3 Å². The van der Waals surface area contributed by atoms with E-state index in [-0.39, 0.29) is 6.42 Å². The molecule has 3 heteroatoms. The Morgan fingerprint density at radius 2 is 0.593 bits per heavy atom.